The molecule has 1 N–H and O–H groups in total. The van der Waals surface area contributed by atoms with Gasteiger partial charge >= 0.3 is 0 Å². The highest BCUT2D eigenvalue weighted by Crippen LogP contribution is 2.37. The molecule has 1 aromatic carbocycles. The summed E-state index contributed by atoms with van der Waals surface area (Å²) >= 11 is 12.6. The molecule has 0 aliphatic carbocycles. The van der Waals surface area contributed by atoms with Crippen molar-refractivity contribution in [3.05, 3.63) is 27.7 Å². The minimum Gasteiger partial charge on any atom is -0.495 e. The molecule has 2 nitrogen and oxygen atoms in total. The molecule has 0 bridgehead atoms. The van der Waals surface area contributed by atoms with Crippen molar-refractivity contribution in [2.75, 3.05) is 13.7 Å². The van der Waals surface area contributed by atoms with Crippen LogP contribution in [0.4, 0.5) is 0 Å². The fourth-order valence-corrected chi connectivity index (χ4v) is 2.64. The lowest BCUT2D eigenvalue weighted by Crippen LogP contribution is -2.29. The smallest absolute Gasteiger partial charge is 0.138 e. The van der Waals surface area contributed by atoms with E-state index in [1.54, 1.807) is 13.2 Å². The molecule has 0 amide bonds. The van der Waals surface area contributed by atoms with E-state index in [-0.39, 0.29) is 6.04 Å². The maximum absolute atomic E-state index is 6.38. The first-order valence-electron chi connectivity index (χ1n) is 6.68. The zero-order valence-corrected chi connectivity index (χ0v) is 13.8. The first-order chi connectivity index (χ1) is 8.92. The lowest BCUT2D eigenvalue weighted by atomic mass is 9.86. The summed E-state index contributed by atoms with van der Waals surface area (Å²) in [6, 6.07) is 3.90. The van der Waals surface area contributed by atoms with Crippen LogP contribution in [0.5, 0.6) is 5.75 Å². The molecule has 108 valence electrons. The molecule has 0 heterocycles. The monoisotopic (exact) mass is 303 g/mol. The fraction of sp³-hybridized carbons (Fsp3) is 0.600. The average molecular weight is 304 g/mol. The lowest BCUT2D eigenvalue weighted by Gasteiger charge is -2.29. The van der Waals surface area contributed by atoms with Gasteiger partial charge in [-0.2, -0.15) is 0 Å². The van der Waals surface area contributed by atoms with E-state index in [0.29, 0.717) is 27.6 Å². The van der Waals surface area contributed by atoms with E-state index in [4.69, 9.17) is 27.9 Å². The van der Waals surface area contributed by atoms with E-state index in [9.17, 15) is 0 Å². The van der Waals surface area contributed by atoms with Crippen LogP contribution in [0.2, 0.25) is 10.0 Å². The summed E-state index contributed by atoms with van der Waals surface area (Å²) in [5.41, 5.74) is 1.04. The van der Waals surface area contributed by atoms with Gasteiger partial charge in [-0.15, -0.1) is 0 Å². The van der Waals surface area contributed by atoms with E-state index in [2.05, 4.69) is 33.0 Å². The highest BCUT2D eigenvalue weighted by molar-refractivity contribution is 6.34. The topological polar surface area (TPSA) is 21.3 Å². The average Bonchev–Trinajstić information content (AvgIpc) is 2.37. The summed E-state index contributed by atoms with van der Waals surface area (Å²) in [5, 5.41) is 4.79. The minimum absolute atomic E-state index is 0.195. The zero-order chi connectivity index (χ0) is 14.6. The Hall–Kier alpha value is -0.440. The zero-order valence-electron chi connectivity index (χ0n) is 12.3. The van der Waals surface area contributed by atoms with Crippen molar-refractivity contribution in [3.63, 3.8) is 0 Å². The number of halogens is 2. The van der Waals surface area contributed by atoms with Crippen molar-refractivity contribution < 1.29 is 4.74 Å². The number of rotatable bonds is 6. The largest absolute Gasteiger partial charge is 0.495 e. The number of benzene rings is 1. The third-order valence-electron chi connectivity index (χ3n) is 3.61. The van der Waals surface area contributed by atoms with Gasteiger partial charge in [0.25, 0.3) is 0 Å². The molecule has 0 aliphatic heterocycles. The molecule has 4 heteroatoms. The Morgan fingerprint density at radius 1 is 1.16 bits per heavy atom. The van der Waals surface area contributed by atoms with Gasteiger partial charge in [0.05, 0.1) is 12.1 Å². The molecule has 0 spiro atoms. The summed E-state index contributed by atoms with van der Waals surface area (Å²) in [6.45, 7) is 9.65. The molecule has 0 aromatic heterocycles. The van der Waals surface area contributed by atoms with Crippen LogP contribution in [-0.4, -0.2) is 13.7 Å². The highest BCUT2D eigenvalue weighted by atomic mass is 35.5. The lowest BCUT2D eigenvalue weighted by molar-refractivity contribution is 0.307. The summed E-state index contributed by atoms with van der Waals surface area (Å²) in [6.07, 6.45) is 0. The van der Waals surface area contributed by atoms with Crippen LogP contribution < -0.4 is 10.1 Å². The number of hydrogen-bond donors (Lipinski definition) is 1. The van der Waals surface area contributed by atoms with Gasteiger partial charge in [-0.05, 0) is 30.0 Å². The van der Waals surface area contributed by atoms with Gasteiger partial charge in [-0.1, -0.05) is 50.9 Å². The second-order valence-corrected chi connectivity index (χ2v) is 5.96. The Morgan fingerprint density at radius 3 is 2.26 bits per heavy atom. The number of hydrogen-bond acceptors (Lipinski definition) is 2. The number of nitrogens with one attached hydrogen (secondary N) is 1. The normalized spacial score (nSPS) is 14.5. The van der Waals surface area contributed by atoms with Gasteiger partial charge < -0.3 is 10.1 Å². The van der Waals surface area contributed by atoms with E-state index in [1.807, 2.05) is 6.07 Å². The van der Waals surface area contributed by atoms with E-state index < -0.39 is 0 Å². The summed E-state index contributed by atoms with van der Waals surface area (Å²) in [5.74, 6) is 1.63. The van der Waals surface area contributed by atoms with Gasteiger partial charge in [0.2, 0.25) is 0 Å². The van der Waals surface area contributed by atoms with Crippen molar-refractivity contribution in [3.8, 4) is 5.75 Å². The number of methoxy groups -OCH3 is 1. The Bertz CT molecular complexity index is 421. The maximum atomic E-state index is 6.38. The molecular formula is C15H23Cl2NO. The van der Waals surface area contributed by atoms with Crippen molar-refractivity contribution in [1.82, 2.24) is 5.32 Å². The molecular weight excluding hydrogens is 281 g/mol. The molecule has 0 aliphatic rings. The first-order valence-corrected chi connectivity index (χ1v) is 7.44. The van der Waals surface area contributed by atoms with Crippen LogP contribution >= 0.6 is 23.2 Å². The van der Waals surface area contributed by atoms with Crippen LogP contribution in [0.1, 0.15) is 39.3 Å². The summed E-state index contributed by atoms with van der Waals surface area (Å²) in [4.78, 5) is 0. The molecule has 1 rings (SSSR count). The third kappa shape index (κ3) is 4.01. The summed E-state index contributed by atoms with van der Waals surface area (Å²) in [7, 11) is 1.59. The van der Waals surface area contributed by atoms with Crippen LogP contribution in [-0.2, 0) is 0 Å². The van der Waals surface area contributed by atoms with Gasteiger partial charge in [-0.25, -0.2) is 0 Å². The standard InChI is InChI=1S/C15H23Cl2NO/c1-6-18-15(10(4)9(2)3)11-7-13(17)14(19-5)8-12(11)16/h7-10,15,18H,6H2,1-5H3. The molecule has 0 fully saturated rings. The Balaban J connectivity index is 3.19. The van der Waals surface area contributed by atoms with Crippen molar-refractivity contribution in [1.29, 1.82) is 0 Å². The number of ether oxygens (including phenoxy) is 1. The Morgan fingerprint density at radius 2 is 1.79 bits per heavy atom. The van der Waals surface area contributed by atoms with Gasteiger partial charge in [0.15, 0.2) is 0 Å². The second kappa shape index (κ2) is 7.37. The second-order valence-electron chi connectivity index (χ2n) is 5.15. The van der Waals surface area contributed by atoms with E-state index in [0.717, 1.165) is 12.1 Å². The van der Waals surface area contributed by atoms with Gasteiger partial charge in [0, 0.05) is 17.1 Å². The SMILES string of the molecule is CCNC(c1cc(Cl)c(OC)cc1Cl)C(C)C(C)C. The molecule has 2 atom stereocenters. The fourth-order valence-electron chi connectivity index (χ4n) is 2.12. The van der Waals surface area contributed by atoms with Gasteiger partial charge in [0.1, 0.15) is 5.75 Å². The van der Waals surface area contributed by atoms with Crippen LogP contribution in [0.3, 0.4) is 0 Å². The van der Waals surface area contributed by atoms with Crippen LogP contribution in [0.15, 0.2) is 12.1 Å². The predicted octanol–water partition coefficient (Wildman–Crippen LogP) is 4.94. The Labute approximate surface area is 126 Å². The third-order valence-corrected chi connectivity index (χ3v) is 4.23. The van der Waals surface area contributed by atoms with Crippen molar-refractivity contribution >= 4 is 23.2 Å². The highest BCUT2D eigenvalue weighted by Gasteiger charge is 2.24. The minimum atomic E-state index is 0.195. The van der Waals surface area contributed by atoms with Gasteiger partial charge in [-0.3, -0.25) is 0 Å². The Kier molecular flexibility index (Phi) is 6.45. The maximum Gasteiger partial charge on any atom is 0.138 e. The first kappa shape index (κ1) is 16.6. The van der Waals surface area contributed by atoms with Crippen molar-refractivity contribution in [2.45, 2.75) is 33.7 Å². The summed E-state index contributed by atoms with van der Waals surface area (Å²) < 4.78 is 5.19. The van der Waals surface area contributed by atoms with E-state index >= 15 is 0 Å². The molecule has 2 unspecified atom stereocenters. The molecule has 19 heavy (non-hydrogen) atoms. The molecule has 0 saturated heterocycles. The van der Waals surface area contributed by atoms with E-state index in [1.165, 1.54) is 0 Å². The van der Waals surface area contributed by atoms with Crippen molar-refractivity contribution in [2.24, 2.45) is 11.8 Å². The predicted molar refractivity (Wildman–Crippen MR) is 83.4 cm³/mol. The van der Waals surface area contributed by atoms with Crippen LogP contribution in [0, 0.1) is 11.8 Å². The molecule has 1 aromatic rings. The van der Waals surface area contributed by atoms with Crippen LogP contribution in [0.25, 0.3) is 0 Å². The quantitative estimate of drug-likeness (QED) is 0.803. The molecule has 0 radical (unpaired) electrons. The molecule has 0 saturated carbocycles.